The Kier molecular flexibility index (Phi) is 4.58. The predicted octanol–water partition coefficient (Wildman–Crippen LogP) is 9.72. The van der Waals surface area contributed by atoms with Crippen molar-refractivity contribution >= 4 is 65.4 Å². The summed E-state index contributed by atoms with van der Waals surface area (Å²) in [7, 11) is 0. The van der Waals surface area contributed by atoms with E-state index < -0.39 is 0 Å². The third-order valence-corrected chi connectivity index (χ3v) is 8.09. The summed E-state index contributed by atoms with van der Waals surface area (Å²) in [5.41, 5.74) is 8.54. The SMILES string of the molecule is c1cnc2c(c1)ccc1ccc(-c3ccc(-c4nc5ccccc5c5c4ccc4c6ccccc6oc45)cc3)nc12. The lowest BCUT2D eigenvalue weighted by Crippen LogP contribution is -1.91. The molecule has 0 unspecified atom stereocenters. The van der Waals surface area contributed by atoms with Crippen molar-refractivity contribution in [3.05, 3.63) is 128 Å². The Morgan fingerprint density at radius 1 is 0.488 bits per heavy atom. The van der Waals surface area contributed by atoms with Crippen LogP contribution in [0.4, 0.5) is 0 Å². The van der Waals surface area contributed by atoms with E-state index in [0.29, 0.717) is 0 Å². The van der Waals surface area contributed by atoms with Crippen LogP contribution in [0.3, 0.4) is 0 Å². The van der Waals surface area contributed by atoms with E-state index in [2.05, 4.69) is 102 Å². The van der Waals surface area contributed by atoms with Crippen LogP contribution < -0.4 is 0 Å². The summed E-state index contributed by atoms with van der Waals surface area (Å²) in [6.07, 6.45) is 1.82. The number of fused-ring (bicyclic) bond motifs is 10. The van der Waals surface area contributed by atoms with Crippen LogP contribution in [0.5, 0.6) is 0 Å². The molecule has 0 aliphatic carbocycles. The second-order valence-electron chi connectivity index (χ2n) is 10.4. The van der Waals surface area contributed by atoms with Crippen LogP contribution >= 0.6 is 0 Å². The molecular formula is C37H21N3O. The van der Waals surface area contributed by atoms with Gasteiger partial charge in [-0.2, -0.15) is 0 Å². The molecule has 9 rings (SSSR count). The summed E-state index contributed by atoms with van der Waals surface area (Å²) in [5, 5.41) is 7.68. The maximum atomic E-state index is 6.47. The lowest BCUT2D eigenvalue weighted by Gasteiger charge is -2.11. The zero-order chi connectivity index (χ0) is 26.9. The first kappa shape index (κ1) is 22.2. The van der Waals surface area contributed by atoms with Crippen molar-refractivity contribution in [2.45, 2.75) is 0 Å². The van der Waals surface area contributed by atoms with Crippen molar-refractivity contribution in [1.82, 2.24) is 15.0 Å². The topological polar surface area (TPSA) is 51.8 Å². The highest BCUT2D eigenvalue weighted by atomic mass is 16.3. The molecule has 9 aromatic rings. The molecule has 0 N–H and O–H groups in total. The molecule has 5 aromatic carbocycles. The summed E-state index contributed by atoms with van der Waals surface area (Å²) in [5.74, 6) is 0. The van der Waals surface area contributed by atoms with E-state index in [4.69, 9.17) is 14.4 Å². The lowest BCUT2D eigenvalue weighted by molar-refractivity contribution is 0.673. The molecule has 0 aliphatic rings. The fraction of sp³-hybridized carbons (Fsp3) is 0. The van der Waals surface area contributed by atoms with Crippen molar-refractivity contribution in [2.75, 3.05) is 0 Å². The number of hydrogen-bond acceptors (Lipinski definition) is 4. The van der Waals surface area contributed by atoms with E-state index >= 15 is 0 Å². The van der Waals surface area contributed by atoms with E-state index in [-0.39, 0.29) is 0 Å². The summed E-state index contributed by atoms with van der Waals surface area (Å²) in [6.45, 7) is 0. The largest absolute Gasteiger partial charge is 0.455 e. The Labute approximate surface area is 234 Å². The van der Waals surface area contributed by atoms with E-state index in [0.717, 1.165) is 87.9 Å². The van der Waals surface area contributed by atoms with E-state index in [1.54, 1.807) is 0 Å². The Balaban J connectivity index is 1.23. The third-order valence-electron chi connectivity index (χ3n) is 8.09. The van der Waals surface area contributed by atoms with Gasteiger partial charge in [0.15, 0.2) is 0 Å². The quantitative estimate of drug-likeness (QED) is 0.212. The molecule has 0 atom stereocenters. The smallest absolute Gasteiger partial charge is 0.144 e. The van der Waals surface area contributed by atoms with Gasteiger partial charge in [-0.25, -0.2) is 9.97 Å². The average Bonchev–Trinajstić information content (AvgIpc) is 3.43. The van der Waals surface area contributed by atoms with Crippen LogP contribution in [-0.2, 0) is 0 Å². The normalized spacial score (nSPS) is 11.9. The molecule has 4 aromatic heterocycles. The lowest BCUT2D eigenvalue weighted by atomic mass is 9.97. The van der Waals surface area contributed by atoms with Gasteiger partial charge in [-0.1, -0.05) is 91.0 Å². The minimum absolute atomic E-state index is 0.896. The number of pyridine rings is 3. The Morgan fingerprint density at radius 3 is 2.12 bits per heavy atom. The maximum Gasteiger partial charge on any atom is 0.144 e. The van der Waals surface area contributed by atoms with Gasteiger partial charge in [-0.05, 0) is 30.3 Å². The Bertz CT molecular complexity index is 2480. The molecule has 0 aliphatic heterocycles. The van der Waals surface area contributed by atoms with Crippen molar-refractivity contribution < 1.29 is 4.42 Å². The first-order valence-electron chi connectivity index (χ1n) is 13.7. The number of furan rings is 1. The fourth-order valence-corrected chi connectivity index (χ4v) is 6.12. The molecule has 4 nitrogen and oxygen atoms in total. The van der Waals surface area contributed by atoms with Crippen molar-refractivity contribution in [3.8, 4) is 22.5 Å². The average molecular weight is 524 g/mol. The van der Waals surface area contributed by atoms with Gasteiger partial charge in [0.25, 0.3) is 0 Å². The van der Waals surface area contributed by atoms with Gasteiger partial charge in [0, 0.05) is 55.0 Å². The zero-order valence-electron chi connectivity index (χ0n) is 21.9. The van der Waals surface area contributed by atoms with Crippen LogP contribution in [0.2, 0.25) is 0 Å². The number of aromatic nitrogens is 3. The Morgan fingerprint density at radius 2 is 1.22 bits per heavy atom. The molecule has 0 bridgehead atoms. The van der Waals surface area contributed by atoms with Gasteiger partial charge in [0.2, 0.25) is 0 Å². The first-order valence-corrected chi connectivity index (χ1v) is 13.7. The molecule has 4 heterocycles. The summed E-state index contributed by atoms with van der Waals surface area (Å²) in [4.78, 5) is 14.8. The summed E-state index contributed by atoms with van der Waals surface area (Å²) in [6, 6.07) is 41.9. The second-order valence-corrected chi connectivity index (χ2v) is 10.4. The first-order chi connectivity index (χ1) is 20.3. The van der Waals surface area contributed by atoms with E-state index in [1.807, 2.05) is 30.5 Å². The molecule has 0 spiro atoms. The van der Waals surface area contributed by atoms with Gasteiger partial charge < -0.3 is 4.42 Å². The van der Waals surface area contributed by atoms with Gasteiger partial charge >= 0.3 is 0 Å². The number of benzene rings is 5. The van der Waals surface area contributed by atoms with Crippen molar-refractivity contribution in [3.63, 3.8) is 0 Å². The molecule has 0 saturated carbocycles. The summed E-state index contributed by atoms with van der Waals surface area (Å²) >= 11 is 0. The maximum absolute atomic E-state index is 6.47. The highest BCUT2D eigenvalue weighted by Gasteiger charge is 2.17. The monoisotopic (exact) mass is 523 g/mol. The molecule has 41 heavy (non-hydrogen) atoms. The Hall–Kier alpha value is -5.61. The van der Waals surface area contributed by atoms with Crippen LogP contribution in [0.1, 0.15) is 0 Å². The molecule has 4 heteroatoms. The van der Waals surface area contributed by atoms with Gasteiger partial charge in [-0.15, -0.1) is 0 Å². The van der Waals surface area contributed by atoms with Crippen LogP contribution in [0.25, 0.3) is 87.9 Å². The minimum atomic E-state index is 0.896. The predicted molar refractivity (Wildman–Crippen MR) is 168 cm³/mol. The van der Waals surface area contributed by atoms with Crippen molar-refractivity contribution in [1.29, 1.82) is 0 Å². The van der Waals surface area contributed by atoms with Crippen LogP contribution in [-0.4, -0.2) is 15.0 Å². The van der Waals surface area contributed by atoms with Gasteiger partial charge in [-0.3, -0.25) is 4.98 Å². The van der Waals surface area contributed by atoms with Gasteiger partial charge in [0.05, 0.1) is 27.9 Å². The molecular weight excluding hydrogens is 502 g/mol. The molecule has 0 radical (unpaired) electrons. The van der Waals surface area contributed by atoms with Crippen molar-refractivity contribution in [2.24, 2.45) is 0 Å². The third kappa shape index (κ3) is 3.31. The van der Waals surface area contributed by atoms with Gasteiger partial charge in [0.1, 0.15) is 11.2 Å². The number of nitrogens with zero attached hydrogens (tertiary/aromatic N) is 3. The standard InChI is InChI=1S/C37H21N3O/c1-3-9-31-28(8-1)33-29(19-18-27-26-7-2-4-10-32(26)41-37(27)33)34(40-31)24-13-11-22(12-14-24)30-20-17-25-16-15-23-6-5-21-38-35(23)36(25)39-30/h1-21H. The molecule has 0 fully saturated rings. The van der Waals surface area contributed by atoms with E-state index in [1.165, 1.54) is 0 Å². The highest BCUT2D eigenvalue weighted by Crippen LogP contribution is 2.40. The second kappa shape index (κ2) is 8.44. The highest BCUT2D eigenvalue weighted by molar-refractivity contribution is 6.24. The minimum Gasteiger partial charge on any atom is -0.455 e. The van der Waals surface area contributed by atoms with Crippen LogP contribution in [0, 0.1) is 0 Å². The number of rotatable bonds is 2. The number of hydrogen-bond donors (Lipinski definition) is 0. The molecule has 190 valence electrons. The zero-order valence-corrected chi connectivity index (χ0v) is 21.9. The molecule has 0 saturated heterocycles. The number of para-hydroxylation sites is 2. The fourth-order valence-electron chi connectivity index (χ4n) is 6.12. The molecule has 0 amide bonds. The summed E-state index contributed by atoms with van der Waals surface area (Å²) < 4.78 is 6.47. The van der Waals surface area contributed by atoms with Crippen LogP contribution in [0.15, 0.2) is 132 Å². The van der Waals surface area contributed by atoms with E-state index in [9.17, 15) is 0 Å².